The second-order valence-electron chi connectivity index (χ2n) is 6.66. The van der Waals surface area contributed by atoms with Crippen LogP contribution in [0.2, 0.25) is 0 Å². The Morgan fingerprint density at radius 1 is 1.08 bits per heavy atom. The Morgan fingerprint density at radius 3 is 2.48 bits per heavy atom. The number of amides is 1. The molecule has 4 heteroatoms. The molecule has 25 heavy (non-hydrogen) atoms. The smallest absolute Gasteiger partial charge is 0.224 e. The molecule has 1 amide bonds. The molecule has 0 radical (unpaired) electrons. The molecule has 1 aromatic heterocycles. The second kappa shape index (κ2) is 7.01. The summed E-state index contributed by atoms with van der Waals surface area (Å²) in [6, 6.07) is 12.3. The van der Waals surface area contributed by atoms with Gasteiger partial charge < -0.3 is 14.6 Å². The van der Waals surface area contributed by atoms with Crippen molar-refractivity contribution >= 4 is 22.6 Å². The first kappa shape index (κ1) is 17.1. The summed E-state index contributed by atoms with van der Waals surface area (Å²) in [4.78, 5) is 14.3. The molecule has 0 bridgehead atoms. The maximum Gasteiger partial charge on any atom is 0.224 e. The van der Waals surface area contributed by atoms with E-state index in [1.807, 2.05) is 39.2 Å². The number of nitrogens with zero attached hydrogens (tertiary/aromatic N) is 1. The van der Waals surface area contributed by atoms with Crippen LogP contribution in [0.25, 0.3) is 11.0 Å². The molecule has 1 N–H and O–H groups in total. The van der Waals surface area contributed by atoms with E-state index in [2.05, 4.69) is 35.3 Å². The van der Waals surface area contributed by atoms with Crippen LogP contribution in [0.4, 0.5) is 5.69 Å². The summed E-state index contributed by atoms with van der Waals surface area (Å²) in [6.45, 7) is 4.63. The number of aryl methyl sites for hydroxylation is 2. The van der Waals surface area contributed by atoms with Crippen molar-refractivity contribution in [1.82, 2.24) is 5.32 Å². The van der Waals surface area contributed by atoms with Gasteiger partial charge in [0.25, 0.3) is 0 Å². The third kappa shape index (κ3) is 3.68. The zero-order valence-corrected chi connectivity index (χ0v) is 15.2. The van der Waals surface area contributed by atoms with Crippen molar-refractivity contribution in [3.8, 4) is 0 Å². The van der Waals surface area contributed by atoms with Crippen LogP contribution in [0.1, 0.15) is 22.3 Å². The number of carbonyl (C=O) groups excluding carboxylic acids is 1. The van der Waals surface area contributed by atoms with Crippen LogP contribution in [0, 0.1) is 13.8 Å². The molecule has 0 atom stereocenters. The topological polar surface area (TPSA) is 45.5 Å². The van der Waals surface area contributed by atoms with Gasteiger partial charge in [0, 0.05) is 37.3 Å². The van der Waals surface area contributed by atoms with Crippen molar-refractivity contribution in [1.29, 1.82) is 0 Å². The minimum atomic E-state index is -0.00221. The van der Waals surface area contributed by atoms with E-state index in [1.54, 1.807) is 6.26 Å². The fraction of sp³-hybridized carbons (Fsp3) is 0.286. The number of nitrogens with one attached hydrogen (secondary N) is 1. The minimum absolute atomic E-state index is 0.00221. The van der Waals surface area contributed by atoms with Gasteiger partial charge in [-0.2, -0.15) is 0 Å². The standard InChI is InChI=1S/C21H24N2O2/c1-14-5-10-19-17(13-25-21(19)15(14)2)11-20(24)22-12-16-6-8-18(9-7-16)23(3)4/h5-10,13H,11-12H2,1-4H3,(H,22,24). The lowest BCUT2D eigenvalue weighted by Gasteiger charge is -2.12. The van der Waals surface area contributed by atoms with Gasteiger partial charge in [-0.3, -0.25) is 4.79 Å². The van der Waals surface area contributed by atoms with Crippen LogP contribution in [0.15, 0.2) is 47.1 Å². The maximum atomic E-state index is 12.3. The highest BCUT2D eigenvalue weighted by Gasteiger charge is 2.12. The Hall–Kier alpha value is -2.75. The Balaban J connectivity index is 1.64. The summed E-state index contributed by atoms with van der Waals surface area (Å²) in [5.41, 5.74) is 6.36. The molecule has 0 aliphatic carbocycles. The monoisotopic (exact) mass is 336 g/mol. The summed E-state index contributed by atoms with van der Waals surface area (Å²) in [5.74, 6) is -0.00221. The van der Waals surface area contributed by atoms with Gasteiger partial charge in [0.05, 0.1) is 12.7 Å². The molecule has 3 rings (SSSR count). The van der Waals surface area contributed by atoms with E-state index in [1.165, 1.54) is 5.56 Å². The van der Waals surface area contributed by atoms with Gasteiger partial charge in [-0.05, 0) is 42.7 Å². The largest absolute Gasteiger partial charge is 0.464 e. The first-order valence-electron chi connectivity index (χ1n) is 8.45. The van der Waals surface area contributed by atoms with E-state index in [-0.39, 0.29) is 5.91 Å². The number of fused-ring (bicyclic) bond motifs is 1. The second-order valence-corrected chi connectivity index (χ2v) is 6.66. The minimum Gasteiger partial charge on any atom is -0.464 e. The quantitative estimate of drug-likeness (QED) is 0.767. The van der Waals surface area contributed by atoms with Crippen molar-refractivity contribution in [2.45, 2.75) is 26.8 Å². The molecule has 0 fully saturated rings. The number of hydrogen-bond acceptors (Lipinski definition) is 3. The molecule has 0 saturated heterocycles. The van der Waals surface area contributed by atoms with Crippen molar-refractivity contribution in [2.24, 2.45) is 0 Å². The highest BCUT2D eigenvalue weighted by Crippen LogP contribution is 2.26. The normalized spacial score (nSPS) is 10.9. The van der Waals surface area contributed by atoms with Crippen LogP contribution in [-0.4, -0.2) is 20.0 Å². The molecule has 130 valence electrons. The van der Waals surface area contributed by atoms with Gasteiger partial charge in [0.15, 0.2) is 0 Å². The van der Waals surface area contributed by atoms with Gasteiger partial charge >= 0.3 is 0 Å². The van der Waals surface area contributed by atoms with Crippen LogP contribution < -0.4 is 10.2 Å². The summed E-state index contributed by atoms with van der Waals surface area (Å²) in [6.07, 6.45) is 2.02. The van der Waals surface area contributed by atoms with Gasteiger partial charge in [-0.25, -0.2) is 0 Å². The van der Waals surface area contributed by atoms with Crippen molar-refractivity contribution in [3.63, 3.8) is 0 Å². The fourth-order valence-electron chi connectivity index (χ4n) is 2.87. The molecule has 3 aromatic rings. The highest BCUT2D eigenvalue weighted by molar-refractivity contribution is 5.89. The SMILES string of the molecule is Cc1ccc2c(CC(=O)NCc3ccc(N(C)C)cc3)coc2c1C. The van der Waals surface area contributed by atoms with Crippen molar-refractivity contribution < 1.29 is 9.21 Å². The zero-order valence-electron chi connectivity index (χ0n) is 15.2. The summed E-state index contributed by atoms with van der Waals surface area (Å²) in [7, 11) is 4.02. The Kier molecular flexibility index (Phi) is 4.79. The third-order valence-corrected chi connectivity index (χ3v) is 4.64. The number of carbonyl (C=O) groups is 1. The maximum absolute atomic E-state index is 12.3. The molecular weight excluding hydrogens is 312 g/mol. The molecule has 0 saturated carbocycles. The van der Waals surface area contributed by atoms with Crippen molar-refractivity contribution in [2.75, 3.05) is 19.0 Å². The molecule has 0 spiro atoms. The van der Waals surface area contributed by atoms with E-state index in [0.717, 1.165) is 33.3 Å². The number of rotatable bonds is 5. The Morgan fingerprint density at radius 2 is 1.80 bits per heavy atom. The predicted molar refractivity (Wildman–Crippen MR) is 102 cm³/mol. The predicted octanol–water partition coefficient (Wildman–Crippen LogP) is 3.97. The molecule has 4 nitrogen and oxygen atoms in total. The number of furan rings is 1. The molecular formula is C21H24N2O2. The molecule has 0 aliphatic heterocycles. The van der Waals surface area contributed by atoms with E-state index in [4.69, 9.17) is 4.42 Å². The average molecular weight is 336 g/mol. The van der Waals surface area contributed by atoms with E-state index in [9.17, 15) is 4.79 Å². The first-order valence-corrected chi connectivity index (χ1v) is 8.45. The van der Waals surface area contributed by atoms with E-state index < -0.39 is 0 Å². The number of anilines is 1. The zero-order chi connectivity index (χ0) is 18.0. The van der Waals surface area contributed by atoms with Crippen LogP contribution >= 0.6 is 0 Å². The fourth-order valence-corrected chi connectivity index (χ4v) is 2.87. The lowest BCUT2D eigenvalue weighted by atomic mass is 10.0. The molecule has 0 unspecified atom stereocenters. The van der Waals surface area contributed by atoms with E-state index in [0.29, 0.717) is 13.0 Å². The molecule has 1 heterocycles. The van der Waals surface area contributed by atoms with Crippen molar-refractivity contribution in [3.05, 3.63) is 64.9 Å². The van der Waals surface area contributed by atoms with Crippen LogP contribution in [0.3, 0.4) is 0 Å². The third-order valence-electron chi connectivity index (χ3n) is 4.64. The summed E-state index contributed by atoms with van der Waals surface area (Å²) in [5, 5.41) is 4.00. The van der Waals surface area contributed by atoms with E-state index >= 15 is 0 Å². The lowest BCUT2D eigenvalue weighted by molar-refractivity contribution is -0.120. The lowest BCUT2D eigenvalue weighted by Crippen LogP contribution is -2.24. The first-order chi connectivity index (χ1) is 12.0. The van der Waals surface area contributed by atoms with Gasteiger partial charge in [0.1, 0.15) is 5.58 Å². The van der Waals surface area contributed by atoms with Crippen LogP contribution in [-0.2, 0) is 17.8 Å². The van der Waals surface area contributed by atoms with Gasteiger partial charge in [-0.15, -0.1) is 0 Å². The average Bonchev–Trinajstić information content (AvgIpc) is 3.00. The van der Waals surface area contributed by atoms with Gasteiger partial charge in [-0.1, -0.05) is 24.3 Å². The molecule has 0 aliphatic rings. The van der Waals surface area contributed by atoms with Crippen LogP contribution in [0.5, 0.6) is 0 Å². The highest BCUT2D eigenvalue weighted by atomic mass is 16.3. The number of benzene rings is 2. The Labute approximate surface area is 148 Å². The summed E-state index contributed by atoms with van der Waals surface area (Å²) < 4.78 is 5.68. The molecule has 2 aromatic carbocycles. The van der Waals surface area contributed by atoms with Gasteiger partial charge in [0.2, 0.25) is 5.91 Å². The number of hydrogen-bond donors (Lipinski definition) is 1. The summed E-state index contributed by atoms with van der Waals surface area (Å²) >= 11 is 0. The Bertz CT molecular complexity index is 892.